The molecule has 29 heavy (non-hydrogen) atoms. The highest BCUT2D eigenvalue weighted by Gasteiger charge is 2.33. The molecule has 1 saturated heterocycles. The minimum absolute atomic E-state index is 0.0887. The molecule has 1 aliphatic carbocycles. The molecule has 0 N–H and O–H groups in total. The number of nitrogens with zero attached hydrogens (tertiary/aromatic N) is 5. The number of anilines is 1. The number of aryl methyl sites for hydroxylation is 1. The second kappa shape index (κ2) is 7.40. The molecule has 2 aromatic heterocycles. The van der Waals surface area contributed by atoms with Gasteiger partial charge in [0.05, 0.1) is 24.1 Å². The van der Waals surface area contributed by atoms with E-state index in [-0.39, 0.29) is 17.7 Å². The van der Waals surface area contributed by atoms with Gasteiger partial charge in [0.15, 0.2) is 0 Å². The van der Waals surface area contributed by atoms with Gasteiger partial charge in [-0.25, -0.2) is 15.0 Å². The summed E-state index contributed by atoms with van der Waals surface area (Å²) in [5.41, 5.74) is 3.79. The van der Waals surface area contributed by atoms with Crippen LogP contribution in [0.25, 0.3) is 11.4 Å². The Morgan fingerprint density at radius 3 is 2.93 bits per heavy atom. The van der Waals surface area contributed by atoms with E-state index in [4.69, 9.17) is 9.72 Å². The molecule has 3 heterocycles. The van der Waals surface area contributed by atoms with Crippen molar-refractivity contribution in [2.45, 2.75) is 31.4 Å². The number of hydrogen-bond donors (Lipinski definition) is 0. The summed E-state index contributed by atoms with van der Waals surface area (Å²) in [7, 11) is 1.78. The van der Waals surface area contributed by atoms with Crippen LogP contribution in [-0.2, 0) is 18.2 Å². The molecule has 5 rings (SSSR count). The highest BCUT2D eigenvalue weighted by atomic mass is 16.5. The van der Waals surface area contributed by atoms with Gasteiger partial charge in [-0.3, -0.25) is 9.36 Å². The molecule has 1 aliphatic heterocycles. The van der Waals surface area contributed by atoms with Crippen LogP contribution in [0.4, 0.5) is 5.95 Å². The molecule has 2 bridgehead atoms. The van der Waals surface area contributed by atoms with Crippen LogP contribution in [-0.4, -0.2) is 38.7 Å². The van der Waals surface area contributed by atoms with Gasteiger partial charge in [0, 0.05) is 31.9 Å². The number of benzene rings is 1. The van der Waals surface area contributed by atoms with Crippen molar-refractivity contribution in [1.82, 2.24) is 19.5 Å². The van der Waals surface area contributed by atoms with E-state index in [1.54, 1.807) is 23.9 Å². The van der Waals surface area contributed by atoms with Crippen LogP contribution in [0.3, 0.4) is 0 Å². The van der Waals surface area contributed by atoms with Crippen molar-refractivity contribution in [1.29, 1.82) is 0 Å². The fraction of sp³-hybridized carbons (Fsp3) is 0.364. The molecule has 1 aromatic carbocycles. The Morgan fingerprint density at radius 2 is 2.07 bits per heavy atom. The van der Waals surface area contributed by atoms with Gasteiger partial charge in [0.1, 0.15) is 6.33 Å². The summed E-state index contributed by atoms with van der Waals surface area (Å²) in [6.45, 7) is 1.31. The molecular formula is C22H23N5O2. The zero-order valence-corrected chi connectivity index (χ0v) is 16.4. The van der Waals surface area contributed by atoms with E-state index >= 15 is 0 Å². The van der Waals surface area contributed by atoms with E-state index in [0.29, 0.717) is 30.5 Å². The molecule has 3 aromatic rings. The molecule has 7 nitrogen and oxygen atoms in total. The summed E-state index contributed by atoms with van der Waals surface area (Å²) in [5.74, 6) is 0.673. The molecular weight excluding hydrogens is 366 g/mol. The number of fused-ring (bicyclic) bond motifs is 4. The molecule has 0 saturated carbocycles. The van der Waals surface area contributed by atoms with Crippen LogP contribution in [0, 0.1) is 0 Å². The molecule has 2 aliphatic rings. The van der Waals surface area contributed by atoms with E-state index in [9.17, 15) is 4.79 Å². The van der Waals surface area contributed by atoms with Gasteiger partial charge >= 0.3 is 0 Å². The molecule has 1 unspecified atom stereocenters. The van der Waals surface area contributed by atoms with Crippen LogP contribution in [0.1, 0.15) is 30.1 Å². The molecule has 1 fully saturated rings. The van der Waals surface area contributed by atoms with Gasteiger partial charge in [-0.1, -0.05) is 24.3 Å². The first-order valence-electron chi connectivity index (χ1n) is 10.0. The summed E-state index contributed by atoms with van der Waals surface area (Å²) >= 11 is 0. The lowest BCUT2D eigenvalue weighted by molar-refractivity contribution is 0.0623. The van der Waals surface area contributed by atoms with E-state index in [1.165, 1.54) is 23.5 Å². The largest absolute Gasteiger partial charge is 0.372 e. The van der Waals surface area contributed by atoms with Gasteiger partial charge < -0.3 is 9.64 Å². The number of rotatable bonds is 2. The summed E-state index contributed by atoms with van der Waals surface area (Å²) in [5, 5.41) is 0. The zero-order valence-electron chi connectivity index (χ0n) is 16.4. The summed E-state index contributed by atoms with van der Waals surface area (Å²) in [4.78, 5) is 28.0. The van der Waals surface area contributed by atoms with E-state index in [1.807, 2.05) is 0 Å². The average Bonchev–Trinajstić information content (AvgIpc) is 3.08. The monoisotopic (exact) mass is 389 g/mol. The van der Waals surface area contributed by atoms with Crippen molar-refractivity contribution in [2.24, 2.45) is 7.05 Å². The first kappa shape index (κ1) is 18.0. The number of ether oxygens (including phenoxy) is 1. The van der Waals surface area contributed by atoms with E-state index in [2.05, 4.69) is 39.1 Å². The Balaban J connectivity index is 1.55. The van der Waals surface area contributed by atoms with Crippen LogP contribution in [0.5, 0.6) is 0 Å². The molecule has 7 heteroatoms. The van der Waals surface area contributed by atoms with Crippen LogP contribution in [0.2, 0.25) is 0 Å². The quantitative estimate of drug-likeness (QED) is 0.671. The van der Waals surface area contributed by atoms with Gasteiger partial charge in [0.2, 0.25) is 5.95 Å². The lowest BCUT2D eigenvalue weighted by Gasteiger charge is -2.31. The Bertz CT molecular complexity index is 1080. The first-order chi connectivity index (χ1) is 14.2. The smallest absolute Gasteiger partial charge is 0.255 e. The highest BCUT2D eigenvalue weighted by Crippen LogP contribution is 2.36. The third kappa shape index (κ3) is 3.31. The lowest BCUT2D eigenvalue weighted by atomic mass is 10.0. The fourth-order valence-corrected chi connectivity index (χ4v) is 4.43. The van der Waals surface area contributed by atoms with E-state index in [0.717, 1.165) is 19.3 Å². The van der Waals surface area contributed by atoms with Gasteiger partial charge in [-0.05, 0) is 36.5 Å². The second-order valence-electron chi connectivity index (χ2n) is 7.61. The summed E-state index contributed by atoms with van der Waals surface area (Å²) in [6.07, 6.45) is 6.12. The van der Waals surface area contributed by atoms with Gasteiger partial charge in [0.25, 0.3) is 5.56 Å². The van der Waals surface area contributed by atoms with Crippen molar-refractivity contribution in [2.75, 3.05) is 18.1 Å². The number of hydrogen-bond acceptors (Lipinski definition) is 6. The Hall–Kier alpha value is -3.06. The molecule has 148 valence electrons. The predicted octanol–water partition coefficient (Wildman–Crippen LogP) is 2.52. The normalized spacial score (nSPS) is 21.2. The number of aromatic nitrogens is 4. The topological polar surface area (TPSA) is 73.1 Å². The minimum Gasteiger partial charge on any atom is -0.372 e. The molecule has 2 atom stereocenters. The summed E-state index contributed by atoms with van der Waals surface area (Å²) < 4.78 is 7.87. The maximum atomic E-state index is 12.7. The summed E-state index contributed by atoms with van der Waals surface area (Å²) in [6, 6.07) is 12.1. The van der Waals surface area contributed by atoms with Crippen molar-refractivity contribution in [3.05, 3.63) is 70.4 Å². The third-order valence-electron chi connectivity index (χ3n) is 5.94. The van der Waals surface area contributed by atoms with Gasteiger partial charge in [-0.15, -0.1) is 0 Å². The van der Waals surface area contributed by atoms with Crippen molar-refractivity contribution >= 4 is 5.95 Å². The maximum Gasteiger partial charge on any atom is 0.255 e. The minimum atomic E-state index is -0.0952. The highest BCUT2D eigenvalue weighted by molar-refractivity contribution is 5.55. The van der Waals surface area contributed by atoms with Crippen molar-refractivity contribution < 1.29 is 4.74 Å². The Labute approximate surface area is 169 Å². The van der Waals surface area contributed by atoms with Crippen LogP contribution in [0.15, 0.2) is 53.7 Å². The van der Waals surface area contributed by atoms with E-state index < -0.39 is 0 Å². The average molecular weight is 389 g/mol. The molecule has 0 amide bonds. The van der Waals surface area contributed by atoms with Crippen LogP contribution >= 0.6 is 0 Å². The Morgan fingerprint density at radius 1 is 1.17 bits per heavy atom. The molecule has 0 radical (unpaired) electrons. The predicted molar refractivity (Wildman–Crippen MR) is 110 cm³/mol. The van der Waals surface area contributed by atoms with Gasteiger partial charge in [-0.2, -0.15) is 0 Å². The maximum absolute atomic E-state index is 12.7. The second-order valence-corrected chi connectivity index (χ2v) is 7.61. The SMILES string of the molecule is Cn1c(N2CCOC3C[C@@H]2CCc2ccccc23)nc(-c2ccncn2)cc1=O. The molecule has 0 spiro atoms. The zero-order chi connectivity index (χ0) is 19.8. The lowest BCUT2D eigenvalue weighted by Crippen LogP contribution is -2.40. The van der Waals surface area contributed by atoms with Crippen LogP contribution < -0.4 is 10.5 Å². The fourth-order valence-electron chi connectivity index (χ4n) is 4.43. The first-order valence-corrected chi connectivity index (χ1v) is 10.0. The standard InChI is InChI=1S/C22H23N5O2/c1-26-21(28)13-19(18-8-9-23-14-24-18)25-22(26)27-10-11-29-20-12-16(27)7-6-15-4-2-3-5-17(15)20/h2-5,8-9,13-14,16,20H,6-7,10-12H2,1H3/t16-,20?/m0/s1. The Kier molecular flexibility index (Phi) is 4.60. The van der Waals surface area contributed by atoms with Crippen molar-refractivity contribution in [3.63, 3.8) is 0 Å². The third-order valence-corrected chi connectivity index (χ3v) is 5.94. The van der Waals surface area contributed by atoms with Crippen molar-refractivity contribution in [3.8, 4) is 11.4 Å².